The maximum atomic E-state index is 12.4. The molecule has 3 heterocycles. The number of hydrogen-bond acceptors (Lipinski definition) is 4. The van der Waals surface area contributed by atoms with Gasteiger partial charge < -0.3 is 20.9 Å². The van der Waals surface area contributed by atoms with E-state index in [9.17, 15) is 4.79 Å². The molecule has 0 unspecified atom stereocenters. The Kier molecular flexibility index (Phi) is 5.55. The fourth-order valence-electron chi connectivity index (χ4n) is 3.58. The molecule has 25 heavy (non-hydrogen) atoms. The van der Waals surface area contributed by atoms with Crippen LogP contribution >= 0.6 is 28.3 Å². The SMILES string of the molecule is Cl.N[C@@H]1CCCN(c2c(Br)cnc3[nH]cc(NC(=O)C4CCC4)c23)C1. The molecule has 6 nitrogen and oxygen atoms in total. The molecule has 4 N–H and O–H groups in total. The van der Waals surface area contributed by atoms with Gasteiger partial charge in [-0.05, 0) is 41.6 Å². The van der Waals surface area contributed by atoms with Gasteiger partial charge in [0.05, 0.1) is 21.2 Å². The van der Waals surface area contributed by atoms with Crippen molar-refractivity contribution in [2.24, 2.45) is 11.7 Å². The monoisotopic (exact) mass is 427 g/mol. The molecule has 0 bridgehead atoms. The van der Waals surface area contributed by atoms with E-state index in [2.05, 4.69) is 36.1 Å². The molecule has 4 rings (SSSR count). The van der Waals surface area contributed by atoms with Crippen LogP contribution < -0.4 is 16.0 Å². The highest BCUT2D eigenvalue weighted by Crippen LogP contribution is 2.39. The van der Waals surface area contributed by atoms with Crippen molar-refractivity contribution >= 4 is 56.7 Å². The Bertz CT molecular complexity index is 776. The van der Waals surface area contributed by atoms with Gasteiger partial charge in [-0.15, -0.1) is 12.4 Å². The van der Waals surface area contributed by atoms with Crippen molar-refractivity contribution in [1.82, 2.24) is 9.97 Å². The third-order valence-corrected chi connectivity index (χ3v) is 5.72. The predicted octanol–water partition coefficient (Wildman–Crippen LogP) is 3.41. The molecule has 2 aromatic rings. The standard InChI is InChI=1S/C17H22BrN5O.ClH/c18-12-7-20-16-14(15(12)23-6-2-5-11(19)9-23)13(8-21-16)22-17(24)10-3-1-4-10;/h7-8,10-11H,1-6,9,19H2,(H,20,21)(H,22,24);1H/t11-;/m1./s1. The summed E-state index contributed by atoms with van der Waals surface area (Å²) in [5, 5.41) is 4.06. The summed E-state index contributed by atoms with van der Waals surface area (Å²) in [7, 11) is 0. The van der Waals surface area contributed by atoms with Gasteiger partial charge in [0.25, 0.3) is 0 Å². The number of pyridine rings is 1. The van der Waals surface area contributed by atoms with Crippen molar-refractivity contribution in [3.05, 3.63) is 16.9 Å². The number of fused-ring (bicyclic) bond motifs is 1. The van der Waals surface area contributed by atoms with Crippen LogP contribution in [0.2, 0.25) is 0 Å². The van der Waals surface area contributed by atoms with Crippen LogP contribution in [-0.4, -0.2) is 35.0 Å². The largest absolute Gasteiger partial charge is 0.368 e. The second-order valence-electron chi connectivity index (χ2n) is 6.85. The van der Waals surface area contributed by atoms with Crippen LogP contribution in [0.1, 0.15) is 32.1 Å². The fraction of sp³-hybridized carbons (Fsp3) is 0.529. The summed E-state index contributed by atoms with van der Waals surface area (Å²) >= 11 is 3.64. The zero-order valence-corrected chi connectivity index (χ0v) is 16.3. The molecule has 1 saturated carbocycles. The number of aromatic amines is 1. The van der Waals surface area contributed by atoms with E-state index in [-0.39, 0.29) is 30.3 Å². The first-order valence-electron chi connectivity index (χ1n) is 8.60. The van der Waals surface area contributed by atoms with Crippen LogP contribution in [0.15, 0.2) is 16.9 Å². The number of carbonyl (C=O) groups is 1. The number of hydrogen-bond donors (Lipinski definition) is 3. The Hall–Kier alpha value is -1.31. The summed E-state index contributed by atoms with van der Waals surface area (Å²) in [5.41, 5.74) is 8.83. The van der Waals surface area contributed by atoms with Gasteiger partial charge in [0.1, 0.15) is 5.65 Å². The van der Waals surface area contributed by atoms with Crippen molar-refractivity contribution in [2.75, 3.05) is 23.3 Å². The number of anilines is 2. The number of carbonyl (C=O) groups excluding carboxylic acids is 1. The number of halogens is 2. The number of nitrogens with zero attached hydrogens (tertiary/aromatic N) is 2. The highest BCUT2D eigenvalue weighted by atomic mass is 79.9. The molecule has 2 fully saturated rings. The van der Waals surface area contributed by atoms with Crippen LogP contribution in [0.4, 0.5) is 11.4 Å². The molecule has 0 aromatic carbocycles. The zero-order chi connectivity index (χ0) is 16.7. The van der Waals surface area contributed by atoms with E-state index in [0.29, 0.717) is 0 Å². The Morgan fingerprint density at radius 2 is 2.16 bits per heavy atom. The molecule has 1 aliphatic heterocycles. The number of H-pyrrole nitrogens is 1. The molecule has 136 valence electrons. The van der Waals surface area contributed by atoms with Crippen molar-refractivity contribution in [1.29, 1.82) is 0 Å². The Morgan fingerprint density at radius 1 is 1.36 bits per heavy atom. The number of amides is 1. The number of piperidine rings is 1. The van der Waals surface area contributed by atoms with Gasteiger partial charge in [-0.25, -0.2) is 4.98 Å². The summed E-state index contributed by atoms with van der Waals surface area (Å²) in [5.74, 6) is 0.269. The number of rotatable bonds is 3. The lowest BCUT2D eigenvalue weighted by Crippen LogP contribution is -2.43. The minimum absolute atomic E-state index is 0. The van der Waals surface area contributed by atoms with Gasteiger partial charge in [-0.2, -0.15) is 0 Å². The highest BCUT2D eigenvalue weighted by Gasteiger charge is 2.27. The van der Waals surface area contributed by atoms with Crippen LogP contribution in [-0.2, 0) is 4.79 Å². The average molecular weight is 429 g/mol. The van der Waals surface area contributed by atoms with Crippen molar-refractivity contribution in [3.63, 3.8) is 0 Å². The van der Waals surface area contributed by atoms with Gasteiger partial charge in [-0.3, -0.25) is 4.79 Å². The number of nitrogens with one attached hydrogen (secondary N) is 2. The summed E-state index contributed by atoms with van der Waals surface area (Å²) in [4.78, 5) is 22.3. The third kappa shape index (κ3) is 3.50. The van der Waals surface area contributed by atoms with Crippen molar-refractivity contribution in [3.8, 4) is 0 Å². The molecule has 2 aromatic heterocycles. The van der Waals surface area contributed by atoms with Gasteiger partial charge >= 0.3 is 0 Å². The Balaban J connectivity index is 0.00000182. The molecule has 0 spiro atoms. The number of nitrogens with two attached hydrogens (primary N) is 1. The molecule has 2 aliphatic rings. The van der Waals surface area contributed by atoms with Crippen LogP contribution in [0, 0.1) is 5.92 Å². The van der Waals surface area contributed by atoms with E-state index in [0.717, 1.165) is 72.1 Å². The molecule has 8 heteroatoms. The van der Waals surface area contributed by atoms with Gasteiger partial charge in [-0.1, -0.05) is 6.42 Å². The molecule has 0 radical (unpaired) electrons. The summed E-state index contributed by atoms with van der Waals surface area (Å²) in [6.07, 6.45) is 8.91. The topological polar surface area (TPSA) is 87.0 Å². The molecular formula is C17H23BrClN5O. The first-order valence-corrected chi connectivity index (χ1v) is 9.39. The Labute approximate surface area is 161 Å². The quantitative estimate of drug-likeness (QED) is 0.699. The van der Waals surface area contributed by atoms with Crippen LogP contribution in [0.5, 0.6) is 0 Å². The van der Waals surface area contributed by atoms with E-state index in [1.165, 1.54) is 0 Å². The summed E-state index contributed by atoms with van der Waals surface area (Å²) in [6.45, 7) is 1.78. The maximum absolute atomic E-state index is 12.4. The van der Waals surface area contributed by atoms with E-state index < -0.39 is 0 Å². The molecule has 1 amide bonds. The maximum Gasteiger partial charge on any atom is 0.227 e. The van der Waals surface area contributed by atoms with E-state index in [1.54, 1.807) is 0 Å². The zero-order valence-electron chi connectivity index (χ0n) is 13.9. The molecule has 1 saturated heterocycles. The smallest absolute Gasteiger partial charge is 0.227 e. The second-order valence-corrected chi connectivity index (χ2v) is 7.70. The number of aromatic nitrogens is 2. The van der Waals surface area contributed by atoms with Crippen LogP contribution in [0.3, 0.4) is 0 Å². The van der Waals surface area contributed by atoms with Gasteiger partial charge in [0.15, 0.2) is 0 Å². The summed E-state index contributed by atoms with van der Waals surface area (Å²) in [6, 6.07) is 0.181. The van der Waals surface area contributed by atoms with E-state index in [1.807, 2.05) is 12.4 Å². The minimum Gasteiger partial charge on any atom is -0.368 e. The Morgan fingerprint density at radius 3 is 2.84 bits per heavy atom. The van der Waals surface area contributed by atoms with Crippen molar-refractivity contribution < 1.29 is 4.79 Å². The lowest BCUT2D eigenvalue weighted by molar-refractivity contribution is -0.122. The van der Waals surface area contributed by atoms with E-state index in [4.69, 9.17) is 5.73 Å². The molecular weight excluding hydrogens is 406 g/mol. The van der Waals surface area contributed by atoms with Gasteiger partial charge in [0.2, 0.25) is 5.91 Å². The normalized spacial score (nSPS) is 20.9. The lowest BCUT2D eigenvalue weighted by Gasteiger charge is -2.34. The minimum atomic E-state index is 0. The van der Waals surface area contributed by atoms with Crippen LogP contribution in [0.25, 0.3) is 11.0 Å². The fourth-order valence-corrected chi connectivity index (χ4v) is 4.13. The third-order valence-electron chi connectivity index (χ3n) is 5.14. The molecule has 1 atom stereocenters. The average Bonchev–Trinajstić information content (AvgIpc) is 2.88. The van der Waals surface area contributed by atoms with E-state index >= 15 is 0 Å². The summed E-state index contributed by atoms with van der Waals surface area (Å²) < 4.78 is 0.933. The molecule has 1 aliphatic carbocycles. The lowest BCUT2D eigenvalue weighted by atomic mass is 9.85. The second kappa shape index (κ2) is 7.51. The first-order chi connectivity index (χ1) is 11.6. The highest BCUT2D eigenvalue weighted by molar-refractivity contribution is 9.10. The van der Waals surface area contributed by atoms with Crippen molar-refractivity contribution in [2.45, 2.75) is 38.1 Å². The first kappa shape index (κ1) is 18.5. The predicted molar refractivity (Wildman–Crippen MR) is 106 cm³/mol. The van der Waals surface area contributed by atoms with Gasteiger partial charge in [0, 0.05) is 37.4 Å².